The second kappa shape index (κ2) is 8.49. The number of hydrogen-bond donors (Lipinski definition) is 1. The van der Waals surface area contributed by atoms with Crippen molar-refractivity contribution in [3.8, 4) is 5.75 Å². The number of nitrogens with zero attached hydrogens (tertiary/aromatic N) is 2. The highest BCUT2D eigenvalue weighted by atomic mass is 35.5. The van der Waals surface area contributed by atoms with Gasteiger partial charge in [0.15, 0.2) is 6.73 Å². The van der Waals surface area contributed by atoms with Crippen molar-refractivity contribution in [3.63, 3.8) is 0 Å². The average molecular weight is 350 g/mol. The van der Waals surface area contributed by atoms with E-state index < -0.39 is 5.24 Å². The van der Waals surface area contributed by atoms with Gasteiger partial charge in [-0.3, -0.25) is 9.59 Å². The molecule has 6 nitrogen and oxygen atoms in total. The Balaban J connectivity index is 1.84. The molecule has 0 aliphatic heterocycles. The molecule has 24 heavy (non-hydrogen) atoms. The summed E-state index contributed by atoms with van der Waals surface area (Å²) < 4.78 is 7.26. The summed E-state index contributed by atoms with van der Waals surface area (Å²) in [5, 5.41) is 6.46. The maximum absolute atomic E-state index is 11.9. The first-order valence-corrected chi connectivity index (χ1v) is 8.03. The van der Waals surface area contributed by atoms with Gasteiger partial charge in [0.1, 0.15) is 11.4 Å². The summed E-state index contributed by atoms with van der Waals surface area (Å²) >= 11 is 5.24. The van der Waals surface area contributed by atoms with Crippen molar-refractivity contribution < 1.29 is 14.3 Å². The molecule has 0 fully saturated rings. The van der Waals surface area contributed by atoms with Crippen LogP contribution in [-0.2, 0) is 11.5 Å². The predicted molar refractivity (Wildman–Crippen MR) is 91.2 cm³/mol. The van der Waals surface area contributed by atoms with Gasteiger partial charge in [0.25, 0.3) is 5.91 Å². The number of halogens is 1. The van der Waals surface area contributed by atoms with Crippen LogP contribution in [0, 0.1) is 13.8 Å². The second-order valence-electron chi connectivity index (χ2n) is 5.50. The van der Waals surface area contributed by atoms with Gasteiger partial charge in [-0.05, 0) is 49.6 Å². The van der Waals surface area contributed by atoms with Gasteiger partial charge in [0.2, 0.25) is 5.24 Å². The summed E-state index contributed by atoms with van der Waals surface area (Å²) in [6, 6.07) is 7.56. The number of ether oxygens (including phenoxy) is 1. The van der Waals surface area contributed by atoms with Crippen molar-refractivity contribution in [1.82, 2.24) is 15.1 Å². The smallest absolute Gasteiger partial charge is 0.271 e. The maximum atomic E-state index is 11.9. The maximum Gasteiger partial charge on any atom is 0.271 e. The number of benzene rings is 1. The second-order valence-corrected chi connectivity index (χ2v) is 5.92. The molecule has 0 aliphatic carbocycles. The summed E-state index contributed by atoms with van der Waals surface area (Å²) in [4.78, 5) is 22.5. The van der Waals surface area contributed by atoms with E-state index in [-0.39, 0.29) is 19.1 Å². The SMILES string of the molecule is Cc1ccc(OCn2ccc(C(=O)NCCCC(=O)Cl)n2)c(C)c1. The number of hydrogen-bond acceptors (Lipinski definition) is 4. The average Bonchev–Trinajstić information content (AvgIpc) is 2.99. The minimum absolute atomic E-state index is 0.220. The lowest BCUT2D eigenvalue weighted by Crippen LogP contribution is -2.25. The Kier molecular flexibility index (Phi) is 6.37. The number of carbonyl (C=O) groups is 2. The van der Waals surface area contributed by atoms with Crippen LogP contribution < -0.4 is 10.1 Å². The van der Waals surface area contributed by atoms with Gasteiger partial charge in [-0.1, -0.05) is 17.7 Å². The van der Waals surface area contributed by atoms with Crippen LogP contribution in [0.4, 0.5) is 0 Å². The molecule has 1 heterocycles. The third kappa shape index (κ3) is 5.38. The quantitative estimate of drug-likeness (QED) is 0.587. The van der Waals surface area contributed by atoms with E-state index in [2.05, 4.69) is 10.4 Å². The normalized spacial score (nSPS) is 10.5. The molecule has 0 radical (unpaired) electrons. The molecular weight excluding hydrogens is 330 g/mol. The fraction of sp³-hybridized carbons (Fsp3) is 0.353. The Hall–Kier alpha value is -2.34. The Morgan fingerprint density at radius 1 is 1.29 bits per heavy atom. The van der Waals surface area contributed by atoms with Gasteiger partial charge in [0.05, 0.1) is 0 Å². The van der Waals surface area contributed by atoms with Gasteiger partial charge in [-0.15, -0.1) is 0 Å². The summed E-state index contributed by atoms with van der Waals surface area (Å²) in [6.45, 7) is 4.61. The van der Waals surface area contributed by atoms with E-state index in [0.717, 1.165) is 11.3 Å². The van der Waals surface area contributed by atoms with Gasteiger partial charge in [-0.25, -0.2) is 4.68 Å². The Morgan fingerprint density at radius 3 is 2.79 bits per heavy atom. The standard InChI is InChI=1S/C17H20ClN3O3/c1-12-5-6-15(13(2)10-12)24-11-21-9-7-14(20-21)17(23)19-8-3-4-16(18)22/h5-7,9-10H,3-4,8,11H2,1-2H3,(H,19,23). The topological polar surface area (TPSA) is 73.2 Å². The van der Waals surface area contributed by atoms with Gasteiger partial charge in [0, 0.05) is 19.2 Å². The molecule has 1 aromatic heterocycles. The molecule has 0 saturated carbocycles. The van der Waals surface area contributed by atoms with Crippen LogP contribution >= 0.6 is 11.6 Å². The van der Waals surface area contributed by atoms with Crippen LogP contribution in [0.1, 0.15) is 34.5 Å². The highest BCUT2D eigenvalue weighted by Gasteiger charge is 2.09. The fourth-order valence-electron chi connectivity index (χ4n) is 2.17. The summed E-state index contributed by atoms with van der Waals surface area (Å²) in [7, 11) is 0. The largest absolute Gasteiger partial charge is 0.471 e. The predicted octanol–water partition coefficient (Wildman–Crippen LogP) is 2.81. The minimum atomic E-state index is -0.405. The van der Waals surface area contributed by atoms with E-state index >= 15 is 0 Å². The van der Waals surface area contributed by atoms with Crippen LogP contribution in [0.3, 0.4) is 0 Å². The van der Waals surface area contributed by atoms with Crippen LogP contribution in [0.25, 0.3) is 0 Å². The fourth-order valence-corrected chi connectivity index (χ4v) is 2.31. The molecule has 128 valence electrons. The van der Waals surface area contributed by atoms with E-state index in [4.69, 9.17) is 16.3 Å². The first-order valence-electron chi connectivity index (χ1n) is 7.66. The number of nitrogens with one attached hydrogen (secondary N) is 1. The van der Waals surface area contributed by atoms with E-state index in [1.165, 1.54) is 5.56 Å². The van der Waals surface area contributed by atoms with Crippen LogP contribution in [-0.4, -0.2) is 27.5 Å². The number of rotatable bonds is 8. The molecule has 0 atom stereocenters. The lowest BCUT2D eigenvalue weighted by Gasteiger charge is -2.09. The molecule has 0 bridgehead atoms. The van der Waals surface area contributed by atoms with Gasteiger partial charge in [-0.2, -0.15) is 5.10 Å². The van der Waals surface area contributed by atoms with Crippen LogP contribution in [0.15, 0.2) is 30.5 Å². The molecule has 2 rings (SSSR count). The molecule has 1 amide bonds. The first-order chi connectivity index (χ1) is 11.5. The van der Waals surface area contributed by atoms with E-state index in [9.17, 15) is 9.59 Å². The lowest BCUT2D eigenvalue weighted by molar-refractivity contribution is -0.111. The number of aromatic nitrogens is 2. The lowest BCUT2D eigenvalue weighted by atomic mass is 10.1. The molecule has 0 spiro atoms. The molecule has 1 aromatic carbocycles. The molecule has 0 unspecified atom stereocenters. The van der Waals surface area contributed by atoms with Crippen molar-refractivity contribution in [2.75, 3.05) is 6.54 Å². The Morgan fingerprint density at radius 2 is 2.08 bits per heavy atom. The molecule has 1 N–H and O–H groups in total. The third-order valence-corrected chi connectivity index (χ3v) is 3.58. The zero-order chi connectivity index (χ0) is 17.5. The summed E-state index contributed by atoms with van der Waals surface area (Å²) in [6.07, 6.45) is 2.42. The van der Waals surface area contributed by atoms with Crippen molar-refractivity contribution in [2.45, 2.75) is 33.4 Å². The third-order valence-electron chi connectivity index (χ3n) is 3.39. The monoisotopic (exact) mass is 349 g/mol. The zero-order valence-corrected chi connectivity index (χ0v) is 14.5. The number of aryl methyl sites for hydroxylation is 2. The zero-order valence-electron chi connectivity index (χ0n) is 13.7. The van der Waals surface area contributed by atoms with Crippen molar-refractivity contribution >= 4 is 22.8 Å². The van der Waals surface area contributed by atoms with Crippen molar-refractivity contribution in [3.05, 3.63) is 47.3 Å². The molecule has 2 aromatic rings. The minimum Gasteiger partial charge on any atom is -0.471 e. The number of carbonyl (C=O) groups excluding carboxylic acids is 2. The summed E-state index contributed by atoms with van der Waals surface area (Å²) in [5.41, 5.74) is 2.53. The Labute approximate surface area is 145 Å². The molecule has 0 saturated heterocycles. The van der Waals surface area contributed by atoms with Crippen molar-refractivity contribution in [2.24, 2.45) is 0 Å². The van der Waals surface area contributed by atoms with Crippen LogP contribution in [0.2, 0.25) is 0 Å². The molecule has 0 aliphatic rings. The van der Waals surface area contributed by atoms with Crippen molar-refractivity contribution in [1.29, 1.82) is 0 Å². The van der Waals surface area contributed by atoms with E-state index in [0.29, 0.717) is 18.7 Å². The first kappa shape index (κ1) is 18.0. The van der Waals surface area contributed by atoms with Gasteiger partial charge >= 0.3 is 0 Å². The highest BCUT2D eigenvalue weighted by Crippen LogP contribution is 2.18. The van der Waals surface area contributed by atoms with E-state index in [1.807, 2.05) is 32.0 Å². The molecule has 7 heteroatoms. The number of amides is 1. The van der Waals surface area contributed by atoms with Gasteiger partial charge < -0.3 is 10.1 Å². The van der Waals surface area contributed by atoms with E-state index in [1.54, 1.807) is 16.9 Å². The Bertz CT molecular complexity index is 728. The van der Waals surface area contributed by atoms with Crippen LogP contribution in [0.5, 0.6) is 5.75 Å². The molecular formula is C17H20ClN3O3. The summed E-state index contributed by atoms with van der Waals surface area (Å²) in [5.74, 6) is 0.495. The highest BCUT2D eigenvalue weighted by molar-refractivity contribution is 6.63.